The first-order valence-corrected chi connectivity index (χ1v) is 11.4. The molecule has 0 radical (unpaired) electrons. The quantitative estimate of drug-likeness (QED) is 0.403. The molecule has 0 unspecified atom stereocenters. The van der Waals surface area contributed by atoms with Crippen LogP contribution in [0.2, 0.25) is 0 Å². The number of aryl methyl sites for hydroxylation is 1. The number of hydrogen-bond acceptors (Lipinski definition) is 7. The molecular formula is C26H27N5O4. The van der Waals surface area contributed by atoms with Gasteiger partial charge in [0.15, 0.2) is 5.78 Å². The van der Waals surface area contributed by atoms with E-state index in [1.54, 1.807) is 55.7 Å². The molecule has 2 amide bonds. The first-order chi connectivity index (χ1) is 16.9. The Kier molecular flexibility index (Phi) is 7.47. The second-order valence-corrected chi connectivity index (χ2v) is 8.49. The number of hydrogen-bond donors (Lipinski definition) is 4. The van der Waals surface area contributed by atoms with E-state index >= 15 is 0 Å². The maximum atomic E-state index is 13.0. The van der Waals surface area contributed by atoms with Crippen molar-refractivity contribution in [2.75, 3.05) is 13.1 Å². The van der Waals surface area contributed by atoms with E-state index in [9.17, 15) is 19.5 Å². The average molecular weight is 474 g/mol. The Labute approximate surface area is 203 Å². The molecule has 1 fully saturated rings. The summed E-state index contributed by atoms with van der Waals surface area (Å²) in [6.45, 7) is 3.07. The number of nitrogens with zero attached hydrogens (tertiary/aromatic N) is 2. The van der Waals surface area contributed by atoms with Gasteiger partial charge in [-0.25, -0.2) is 0 Å². The van der Waals surface area contributed by atoms with Gasteiger partial charge in [-0.3, -0.25) is 24.4 Å². The lowest BCUT2D eigenvalue weighted by Crippen LogP contribution is -2.54. The molecule has 0 saturated carbocycles. The zero-order chi connectivity index (χ0) is 24.8. The molecule has 9 nitrogen and oxygen atoms in total. The highest BCUT2D eigenvalue weighted by Gasteiger charge is 2.27. The number of aromatic nitrogens is 2. The lowest BCUT2D eigenvalue weighted by atomic mass is 10.0. The van der Waals surface area contributed by atoms with Gasteiger partial charge in [0.2, 0.25) is 0 Å². The molecule has 2 atom stereocenters. The molecule has 9 heteroatoms. The Morgan fingerprint density at radius 2 is 1.57 bits per heavy atom. The van der Waals surface area contributed by atoms with Crippen LogP contribution in [-0.4, -0.2) is 57.8 Å². The van der Waals surface area contributed by atoms with Crippen molar-refractivity contribution in [2.24, 2.45) is 0 Å². The van der Waals surface area contributed by atoms with Gasteiger partial charge in [0.1, 0.15) is 5.75 Å². The predicted molar refractivity (Wildman–Crippen MR) is 129 cm³/mol. The molecule has 4 N–H and O–H groups in total. The van der Waals surface area contributed by atoms with E-state index in [2.05, 4.69) is 25.9 Å². The van der Waals surface area contributed by atoms with Crippen molar-refractivity contribution < 1.29 is 19.5 Å². The molecule has 180 valence electrons. The summed E-state index contributed by atoms with van der Waals surface area (Å²) in [6.07, 6.45) is 5.93. The molecule has 3 aromatic rings. The molecule has 0 spiro atoms. The highest BCUT2D eigenvalue weighted by atomic mass is 16.3. The Hall–Kier alpha value is -4.11. The number of nitrogens with one attached hydrogen (secondary N) is 3. The summed E-state index contributed by atoms with van der Waals surface area (Å²) in [4.78, 5) is 46.3. The Morgan fingerprint density at radius 1 is 0.943 bits per heavy atom. The summed E-state index contributed by atoms with van der Waals surface area (Å²) in [7, 11) is 0. The van der Waals surface area contributed by atoms with Crippen molar-refractivity contribution in [3.63, 3.8) is 0 Å². The zero-order valence-electron chi connectivity index (χ0n) is 19.3. The topological polar surface area (TPSA) is 133 Å². The SMILES string of the molecule is Cc1cc(C(=O)c2ccc(C(=O)N[C@@H]3CCCNC[C@H]3NC(=O)c3ccncc3)cc2)c(O)cn1. The van der Waals surface area contributed by atoms with Gasteiger partial charge in [0.25, 0.3) is 11.8 Å². The maximum absolute atomic E-state index is 13.0. The van der Waals surface area contributed by atoms with Gasteiger partial charge in [0.05, 0.1) is 23.8 Å². The van der Waals surface area contributed by atoms with Crippen molar-refractivity contribution >= 4 is 17.6 Å². The summed E-state index contributed by atoms with van der Waals surface area (Å²) in [5.74, 6) is -1.06. The first-order valence-electron chi connectivity index (χ1n) is 11.4. The van der Waals surface area contributed by atoms with Crippen LogP contribution >= 0.6 is 0 Å². The van der Waals surface area contributed by atoms with E-state index in [0.717, 1.165) is 13.0 Å². The second-order valence-electron chi connectivity index (χ2n) is 8.49. The molecule has 1 aromatic carbocycles. The number of pyridine rings is 2. The third kappa shape index (κ3) is 5.88. The summed E-state index contributed by atoms with van der Waals surface area (Å²) < 4.78 is 0. The maximum Gasteiger partial charge on any atom is 0.251 e. The van der Waals surface area contributed by atoms with Crippen LogP contribution in [0.3, 0.4) is 0 Å². The van der Waals surface area contributed by atoms with Gasteiger partial charge in [-0.1, -0.05) is 12.1 Å². The standard InChI is InChI=1S/C26H27N5O4/c1-16-13-20(23(32)15-29-16)24(33)17-4-6-18(7-5-17)25(34)30-21-3-2-10-28-14-22(21)31-26(35)19-8-11-27-12-9-19/h4-9,11-13,15,21-22,28,32H,2-3,10,14H2,1H3,(H,30,34)(H,31,35)/t21-,22-/m1/s1. The number of amides is 2. The third-order valence-corrected chi connectivity index (χ3v) is 5.97. The highest BCUT2D eigenvalue weighted by Crippen LogP contribution is 2.20. The van der Waals surface area contributed by atoms with Crippen LogP contribution in [0.4, 0.5) is 0 Å². The number of ketones is 1. The lowest BCUT2D eigenvalue weighted by Gasteiger charge is -2.27. The van der Waals surface area contributed by atoms with E-state index < -0.39 is 0 Å². The number of rotatable bonds is 6. The molecule has 1 aliphatic heterocycles. The fraction of sp³-hybridized carbons (Fsp3) is 0.269. The van der Waals surface area contributed by atoms with Crippen molar-refractivity contribution in [2.45, 2.75) is 31.8 Å². The van der Waals surface area contributed by atoms with Crippen molar-refractivity contribution in [1.82, 2.24) is 25.9 Å². The van der Waals surface area contributed by atoms with Crippen molar-refractivity contribution in [3.8, 4) is 5.75 Å². The number of carbonyl (C=O) groups is 3. The predicted octanol–water partition coefficient (Wildman–Crippen LogP) is 2.00. The largest absolute Gasteiger partial charge is 0.506 e. The molecule has 0 bridgehead atoms. The highest BCUT2D eigenvalue weighted by molar-refractivity contribution is 6.11. The molecule has 4 rings (SSSR count). The monoisotopic (exact) mass is 473 g/mol. The zero-order valence-corrected chi connectivity index (χ0v) is 19.3. The average Bonchev–Trinajstić information content (AvgIpc) is 3.10. The minimum atomic E-state index is -0.353. The summed E-state index contributed by atoms with van der Waals surface area (Å²) in [6, 6.07) is 10.5. The molecule has 1 saturated heterocycles. The van der Waals surface area contributed by atoms with E-state index in [-0.39, 0.29) is 41.0 Å². The third-order valence-electron chi connectivity index (χ3n) is 5.97. The minimum Gasteiger partial charge on any atom is -0.506 e. The fourth-order valence-corrected chi connectivity index (χ4v) is 4.04. The van der Waals surface area contributed by atoms with Crippen molar-refractivity contribution in [1.29, 1.82) is 0 Å². The molecule has 35 heavy (non-hydrogen) atoms. The molecule has 2 aromatic heterocycles. The van der Waals surface area contributed by atoms with Gasteiger partial charge < -0.3 is 21.1 Å². The van der Waals surface area contributed by atoms with Crippen LogP contribution in [0.1, 0.15) is 55.2 Å². The summed E-state index contributed by atoms with van der Waals surface area (Å²) >= 11 is 0. The van der Waals surface area contributed by atoms with Crippen LogP contribution in [0.5, 0.6) is 5.75 Å². The Morgan fingerprint density at radius 3 is 2.29 bits per heavy atom. The molecule has 0 aliphatic carbocycles. The van der Waals surface area contributed by atoms with E-state index in [4.69, 9.17) is 0 Å². The van der Waals surface area contributed by atoms with Gasteiger partial charge >= 0.3 is 0 Å². The van der Waals surface area contributed by atoms with Gasteiger partial charge in [-0.15, -0.1) is 0 Å². The second kappa shape index (κ2) is 10.9. The smallest absolute Gasteiger partial charge is 0.251 e. The van der Waals surface area contributed by atoms with Gasteiger partial charge in [-0.2, -0.15) is 0 Å². The number of carbonyl (C=O) groups excluding carboxylic acids is 3. The van der Waals surface area contributed by atoms with Crippen LogP contribution in [0.25, 0.3) is 0 Å². The summed E-state index contributed by atoms with van der Waals surface area (Å²) in [5, 5.41) is 19.3. The Balaban J connectivity index is 1.44. The van der Waals surface area contributed by atoms with E-state index in [1.165, 1.54) is 12.3 Å². The normalized spacial score (nSPS) is 17.7. The molecular weight excluding hydrogens is 446 g/mol. The first kappa shape index (κ1) is 24.0. The van der Waals surface area contributed by atoms with Crippen LogP contribution in [0, 0.1) is 6.92 Å². The van der Waals surface area contributed by atoms with Crippen LogP contribution in [0.15, 0.2) is 61.1 Å². The number of aromatic hydroxyl groups is 1. The molecule has 1 aliphatic rings. The summed E-state index contributed by atoms with van der Waals surface area (Å²) in [5.41, 5.74) is 2.03. The van der Waals surface area contributed by atoms with Crippen LogP contribution < -0.4 is 16.0 Å². The van der Waals surface area contributed by atoms with Crippen molar-refractivity contribution in [3.05, 3.63) is 89.0 Å². The fourth-order valence-electron chi connectivity index (χ4n) is 4.04. The Bertz CT molecular complexity index is 1210. The van der Waals surface area contributed by atoms with E-state index in [0.29, 0.717) is 35.3 Å². The minimum absolute atomic E-state index is 0.161. The van der Waals surface area contributed by atoms with Gasteiger partial charge in [0, 0.05) is 41.3 Å². The van der Waals surface area contributed by atoms with Crippen LogP contribution in [-0.2, 0) is 0 Å². The van der Waals surface area contributed by atoms with Gasteiger partial charge in [-0.05, 0) is 56.6 Å². The lowest BCUT2D eigenvalue weighted by molar-refractivity contribution is 0.0882. The number of benzene rings is 1. The van der Waals surface area contributed by atoms with E-state index in [1.807, 2.05) is 0 Å². The molecule has 3 heterocycles.